The number of rotatable bonds is 1. The van der Waals surface area contributed by atoms with Crippen molar-refractivity contribution in [2.45, 2.75) is 25.0 Å². The molecule has 2 bridgehead atoms. The van der Waals surface area contributed by atoms with Crippen molar-refractivity contribution in [1.29, 1.82) is 5.26 Å². The monoisotopic (exact) mass is 240 g/mol. The Morgan fingerprint density at radius 2 is 1.94 bits per heavy atom. The number of anilines is 1. The van der Waals surface area contributed by atoms with Crippen molar-refractivity contribution in [3.05, 3.63) is 29.8 Å². The number of fused-ring (bicyclic) bond motifs is 1. The molecule has 3 heteroatoms. The summed E-state index contributed by atoms with van der Waals surface area (Å²) in [6.45, 7) is 1.08. The largest absolute Gasteiger partial charge is 0.391 e. The summed E-state index contributed by atoms with van der Waals surface area (Å²) in [4.78, 5) is 2.37. The third-order valence-corrected chi connectivity index (χ3v) is 5.18. The fourth-order valence-electron chi connectivity index (χ4n) is 4.44. The number of nitriles is 1. The van der Waals surface area contributed by atoms with Crippen LogP contribution in [0.2, 0.25) is 0 Å². The maximum absolute atomic E-state index is 10.3. The Labute approximate surface area is 107 Å². The van der Waals surface area contributed by atoms with Gasteiger partial charge >= 0.3 is 0 Å². The lowest BCUT2D eigenvalue weighted by Gasteiger charge is -2.30. The lowest BCUT2D eigenvalue weighted by molar-refractivity contribution is 0.0967. The third kappa shape index (κ3) is 1.22. The lowest BCUT2D eigenvalue weighted by Crippen LogP contribution is -2.40. The van der Waals surface area contributed by atoms with E-state index >= 15 is 0 Å². The van der Waals surface area contributed by atoms with Crippen LogP contribution in [-0.2, 0) is 0 Å². The minimum atomic E-state index is -0.149. The van der Waals surface area contributed by atoms with Gasteiger partial charge in [0.25, 0.3) is 0 Å². The van der Waals surface area contributed by atoms with Crippen LogP contribution in [0.25, 0.3) is 0 Å². The summed E-state index contributed by atoms with van der Waals surface area (Å²) in [6, 6.07) is 10.2. The van der Waals surface area contributed by atoms with Gasteiger partial charge in [-0.05, 0) is 54.9 Å². The van der Waals surface area contributed by atoms with Gasteiger partial charge in [0, 0.05) is 12.2 Å². The fraction of sp³-hybridized carbons (Fsp3) is 0.533. The quantitative estimate of drug-likeness (QED) is 0.813. The number of aliphatic hydroxyl groups is 1. The van der Waals surface area contributed by atoms with Crippen molar-refractivity contribution in [1.82, 2.24) is 0 Å². The molecule has 3 fully saturated rings. The Morgan fingerprint density at radius 3 is 2.61 bits per heavy atom. The maximum atomic E-state index is 10.3. The summed E-state index contributed by atoms with van der Waals surface area (Å²) in [5, 5.41) is 19.2. The molecule has 1 N–H and O–H groups in total. The first-order valence-corrected chi connectivity index (χ1v) is 6.73. The molecular formula is C15H16N2O. The molecule has 18 heavy (non-hydrogen) atoms. The van der Waals surface area contributed by atoms with Crippen LogP contribution in [-0.4, -0.2) is 23.8 Å². The summed E-state index contributed by atoms with van der Waals surface area (Å²) in [7, 11) is 0. The SMILES string of the molecule is N#Cc1ccc(N2CC3CC4CC3C2C4O)cc1. The summed E-state index contributed by atoms with van der Waals surface area (Å²) in [5.74, 6) is 2.01. The molecule has 5 atom stereocenters. The van der Waals surface area contributed by atoms with Crippen LogP contribution in [0, 0.1) is 29.1 Å². The van der Waals surface area contributed by atoms with Gasteiger partial charge in [0.1, 0.15) is 0 Å². The van der Waals surface area contributed by atoms with E-state index < -0.39 is 0 Å². The van der Waals surface area contributed by atoms with E-state index in [0.717, 1.165) is 18.2 Å². The van der Waals surface area contributed by atoms with Crippen molar-refractivity contribution in [2.75, 3.05) is 11.4 Å². The number of aliphatic hydroxyl groups excluding tert-OH is 1. The van der Waals surface area contributed by atoms with Gasteiger partial charge in [-0.1, -0.05) is 0 Å². The molecule has 5 unspecified atom stereocenters. The third-order valence-electron chi connectivity index (χ3n) is 5.18. The average Bonchev–Trinajstić information content (AvgIpc) is 3.00. The van der Waals surface area contributed by atoms with E-state index in [9.17, 15) is 5.11 Å². The molecule has 1 aromatic carbocycles. The van der Waals surface area contributed by atoms with Gasteiger partial charge in [-0.2, -0.15) is 5.26 Å². The van der Waals surface area contributed by atoms with E-state index in [4.69, 9.17) is 5.26 Å². The van der Waals surface area contributed by atoms with E-state index in [2.05, 4.69) is 11.0 Å². The molecule has 0 spiro atoms. The molecule has 3 aliphatic rings. The van der Waals surface area contributed by atoms with Crippen LogP contribution in [0.3, 0.4) is 0 Å². The minimum absolute atomic E-state index is 0.149. The van der Waals surface area contributed by atoms with Gasteiger partial charge < -0.3 is 10.0 Å². The number of hydrogen-bond donors (Lipinski definition) is 1. The predicted molar refractivity (Wildman–Crippen MR) is 68.0 cm³/mol. The average molecular weight is 240 g/mol. The van der Waals surface area contributed by atoms with Crippen LogP contribution >= 0.6 is 0 Å². The first kappa shape index (κ1) is 10.4. The fourth-order valence-corrected chi connectivity index (χ4v) is 4.44. The molecule has 2 saturated carbocycles. The smallest absolute Gasteiger partial charge is 0.0991 e. The lowest BCUT2D eigenvalue weighted by atomic mass is 9.88. The van der Waals surface area contributed by atoms with Crippen LogP contribution < -0.4 is 4.90 Å². The number of hydrogen-bond acceptors (Lipinski definition) is 3. The van der Waals surface area contributed by atoms with E-state index in [1.807, 2.05) is 24.3 Å². The van der Waals surface area contributed by atoms with Crippen molar-refractivity contribution >= 4 is 5.69 Å². The molecule has 0 radical (unpaired) electrons. The Hall–Kier alpha value is -1.53. The summed E-state index contributed by atoms with van der Waals surface area (Å²) >= 11 is 0. The van der Waals surface area contributed by atoms with E-state index in [1.54, 1.807) is 0 Å². The first-order valence-electron chi connectivity index (χ1n) is 6.73. The highest BCUT2D eigenvalue weighted by Crippen LogP contribution is 2.55. The standard InChI is InChI=1S/C15H16N2O/c16-7-9-1-3-12(4-2-9)17-8-11-5-10-6-13(11)14(17)15(10)18/h1-4,10-11,13-15,18H,5-6,8H2. The second kappa shape index (κ2) is 3.49. The highest BCUT2D eigenvalue weighted by atomic mass is 16.3. The molecule has 0 amide bonds. The van der Waals surface area contributed by atoms with Gasteiger partial charge in [-0.15, -0.1) is 0 Å². The van der Waals surface area contributed by atoms with E-state index in [1.165, 1.54) is 12.8 Å². The molecule has 1 saturated heterocycles. The topological polar surface area (TPSA) is 47.3 Å². The normalized spacial score (nSPS) is 40.2. The summed E-state index contributed by atoms with van der Waals surface area (Å²) in [5.41, 5.74) is 1.86. The molecule has 2 aliphatic carbocycles. The van der Waals surface area contributed by atoms with E-state index in [-0.39, 0.29) is 6.10 Å². The van der Waals surface area contributed by atoms with Crippen molar-refractivity contribution < 1.29 is 5.11 Å². The van der Waals surface area contributed by atoms with Gasteiger partial charge in [0.15, 0.2) is 0 Å². The summed E-state index contributed by atoms with van der Waals surface area (Å²) < 4.78 is 0. The first-order chi connectivity index (χ1) is 8.78. The Kier molecular flexibility index (Phi) is 2.02. The van der Waals surface area contributed by atoms with Gasteiger partial charge in [-0.25, -0.2) is 0 Å². The second-order valence-electron chi connectivity index (χ2n) is 5.95. The Morgan fingerprint density at radius 1 is 1.17 bits per heavy atom. The van der Waals surface area contributed by atoms with Crippen molar-refractivity contribution in [3.63, 3.8) is 0 Å². The van der Waals surface area contributed by atoms with Crippen LogP contribution in [0.5, 0.6) is 0 Å². The zero-order valence-electron chi connectivity index (χ0n) is 10.2. The van der Waals surface area contributed by atoms with Crippen LogP contribution in [0.15, 0.2) is 24.3 Å². The van der Waals surface area contributed by atoms with Gasteiger partial charge in [-0.3, -0.25) is 0 Å². The highest BCUT2D eigenvalue weighted by molar-refractivity contribution is 5.53. The minimum Gasteiger partial charge on any atom is -0.391 e. The van der Waals surface area contributed by atoms with Gasteiger partial charge in [0.05, 0.1) is 23.8 Å². The molecular weight excluding hydrogens is 224 g/mol. The molecule has 1 aromatic rings. The molecule has 4 rings (SSSR count). The maximum Gasteiger partial charge on any atom is 0.0991 e. The van der Waals surface area contributed by atoms with Gasteiger partial charge in [0.2, 0.25) is 0 Å². The predicted octanol–water partition coefficient (Wildman–Crippen LogP) is 1.76. The molecule has 92 valence electrons. The zero-order valence-corrected chi connectivity index (χ0v) is 10.2. The van der Waals surface area contributed by atoms with Crippen molar-refractivity contribution in [3.8, 4) is 6.07 Å². The summed E-state index contributed by atoms with van der Waals surface area (Å²) in [6.07, 6.45) is 2.27. The van der Waals surface area contributed by atoms with Crippen molar-refractivity contribution in [2.24, 2.45) is 17.8 Å². The molecule has 0 aromatic heterocycles. The van der Waals surface area contributed by atoms with Crippen LogP contribution in [0.1, 0.15) is 18.4 Å². The zero-order chi connectivity index (χ0) is 12.3. The van der Waals surface area contributed by atoms with Crippen LogP contribution in [0.4, 0.5) is 5.69 Å². The molecule has 1 heterocycles. The highest BCUT2D eigenvalue weighted by Gasteiger charge is 2.58. The molecule has 1 aliphatic heterocycles. The number of benzene rings is 1. The Bertz CT molecular complexity index is 516. The second-order valence-corrected chi connectivity index (χ2v) is 5.95. The Balaban J connectivity index is 1.68. The van der Waals surface area contributed by atoms with E-state index in [0.29, 0.717) is 23.4 Å². The molecule has 3 nitrogen and oxygen atoms in total. The number of nitrogens with zero attached hydrogens (tertiary/aromatic N) is 2.